The second-order valence-electron chi connectivity index (χ2n) is 6.24. The lowest BCUT2D eigenvalue weighted by molar-refractivity contribution is -0.120. The van der Waals surface area contributed by atoms with Crippen molar-refractivity contribution in [3.8, 4) is 17.1 Å². The first-order chi connectivity index (χ1) is 13.7. The molecule has 1 heterocycles. The Morgan fingerprint density at radius 3 is 2.46 bits per heavy atom. The number of para-hydroxylation sites is 1. The predicted molar refractivity (Wildman–Crippen MR) is 112 cm³/mol. The summed E-state index contributed by atoms with van der Waals surface area (Å²) >= 11 is 1.40. The van der Waals surface area contributed by atoms with E-state index in [1.807, 2.05) is 72.2 Å². The van der Waals surface area contributed by atoms with Crippen molar-refractivity contribution in [3.63, 3.8) is 0 Å². The van der Waals surface area contributed by atoms with Gasteiger partial charge in [0.2, 0.25) is 5.91 Å². The monoisotopic (exact) mass is 396 g/mol. The fourth-order valence-corrected chi connectivity index (χ4v) is 3.61. The van der Waals surface area contributed by atoms with Crippen LogP contribution in [0.1, 0.15) is 13.3 Å². The number of nitrogens with zero attached hydrogens (tertiary/aromatic N) is 3. The first-order valence-corrected chi connectivity index (χ1v) is 10.1. The Kier molecular flexibility index (Phi) is 7.22. The number of thioether (sulfide) groups is 1. The molecule has 0 radical (unpaired) electrons. The average Bonchev–Trinajstić information content (AvgIpc) is 3.15. The van der Waals surface area contributed by atoms with Gasteiger partial charge in [-0.15, -0.1) is 10.2 Å². The summed E-state index contributed by atoms with van der Waals surface area (Å²) in [6, 6.07) is 19.9. The van der Waals surface area contributed by atoms with Crippen molar-refractivity contribution in [1.82, 2.24) is 20.1 Å². The molecule has 3 aromatic rings. The highest BCUT2D eigenvalue weighted by Gasteiger charge is 2.21. The van der Waals surface area contributed by atoms with Crippen LogP contribution in [0.3, 0.4) is 0 Å². The van der Waals surface area contributed by atoms with Crippen molar-refractivity contribution in [2.75, 3.05) is 20.3 Å². The summed E-state index contributed by atoms with van der Waals surface area (Å²) in [7, 11) is 1.65. The van der Waals surface area contributed by atoms with E-state index in [2.05, 4.69) is 15.5 Å². The van der Waals surface area contributed by atoms with Gasteiger partial charge in [0.05, 0.1) is 5.25 Å². The Labute approximate surface area is 169 Å². The van der Waals surface area contributed by atoms with Crippen molar-refractivity contribution < 1.29 is 9.53 Å². The molecule has 0 aliphatic heterocycles. The largest absolute Gasteiger partial charge is 0.385 e. The van der Waals surface area contributed by atoms with E-state index in [-0.39, 0.29) is 11.2 Å². The average molecular weight is 397 g/mol. The number of carbonyl (C=O) groups excluding carboxylic acids is 1. The SMILES string of the molecule is COCCCNC(=O)C(C)Sc1nnc(-c2ccccc2)n1-c1ccccc1. The molecule has 0 fully saturated rings. The summed E-state index contributed by atoms with van der Waals surface area (Å²) < 4.78 is 7.01. The molecule has 7 heteroatoms. The van der Waals surface area contributed by atoms with Gasteiger partial charge in [-0.1, -0.05) is 60.3 Å². The number of carbonyl (C=O) groups is 1. The molecule has 1 amide bonds. The van der Waals surface area contributed by atoms with Gasteiger partial charge in [0.25, 0.3) is 0 Å². The normalized spacial score (nSPS) is 11.9. The van der Waals surface area contributed by atoms with E-state index in [1.165, 1.54) is 11.8 Å². The van der Waals surface area contributed by atoms with Gasteiger partial charge in [-0.05, 0) is 25.5 Å². The van der Waals surface area contributed by atoms with E-state index in [0.29, 0.717) is 18.3 Å². The molecule has 1 aromatic heterocycles. The number of hydrogen-bond donors (Lipinski definition) is 1. The zero-order valence-electron chi connectivity index (χ0n) is 16.0. The molecule has 0 spiro atoms. The van der Waals surface area contributed by atoms with E-state index in [9.17, 15) is 4.79 Å². The van der Waals surface area contributed by atoms with Crippen molar-refractivity contribution in [3.05, 3.63) is 60.7 Å². The van der Waals surface area contributed by atoms with Crippen molar-refractivity contribution >= 4 is 17.7 Å². The second-order valence-corrected chi connectivity index (χ2v) is 7.55. The van der Waals surface area contributed by atoms with Crippen LogP contribution in [0.25, 0.3) is 17.1 Å². The Bertz CT molecular complexity index is 884. The Balaban J connectivity index is 1.83. The van der Waals surface area contributed by atoms with E-state index in [0.717, 1.165) is 23.5 Å². The number of nitrogens with one attached hydrogen (secondary N) is 1. The summed E-state index contributed by atoms with van der Waals surface area (Å²) in [5.41, 5.74) is 1.93. The molecular weight excluding hydrogens is 372 g/mol. The molecule has 0 aliphatic carbocycles. The lowest BCUT2D eigenvalue weighted by Crippen LogP contribution is -2.32. The van der Waals surface area contributed by atoms with Crippen LogP contribution >= 0.6 is 11.8 Å². The summed E-state index contributed by atoms with van der Waals surface area (Å²) in [6.07, 6.45) is 0.790. The molecule has 0 saturated carbocycles. The lowest BCUT2D eigenvalue weighted by atomic mass is 10.2. The minimum atomic E-state index is -0.294. The maximum absolute atomic E-state index is 12.4. The van der Waals surface area contributed by atoms with Crippen LogP contribution in [0.2, 0.25) is 0 Å². The van der Waals surface area contributed by atoms with Crippen molar-refractivity contribution in [2.45, 2.75) is 23.8 Å². The molecular formula is C21H24N4O2S. The number of rotatable bonds is 9. The number of benzene rings is 2. The van der Waals surface area contributed by atoms with Crippen LogP contribution < -0.4 is 5.32 Å². The third-order valence-electron chi connectivity index (χ3n) is 4.16. The lowest BCUT2D eigenvalue weighted by Gasteiger charge is -2.14. The van der Waals surface area contributed by atoms with Crippen LogP contribution in [0.15, 0.2) is 65.8 Å². The van der Waals surface area contributed by atoms with Gasteiger partial charge in [0.1, 0.15) is 0 Å². The second kappa shape index (κ2) is 10.1. The smallest absolute Gasteiger partial charge is 0.233 e. The molecule has 1 atom stereocenters. The summed E-state index contributed by atoms with van der Waals surface area (Å²) in [6.45, 7) is 3.10. The highest BCUT2D eigenvalue weighted by atomic mass is 32.2. The molecule has 146 valence electrons. The van der Waals surface area contributed by atoms with Crippen LogP contribution in [-0.2, 0) is 9.53 Å². The van der Waals surface area contributed by atoms with Crippen LogP contribution in [0, 0.1) is 0 Å². The van der Waals surface area contributed by atoms with Gasteiger partial charge in [0.15, 0.2) is 11.0 Å². The van der Waals surface area contributed by atoms with E-state index < -0.39 is 0 Å². The molecule has 1 N–H and O–H groups in total. The molecule has 2 aromatic carbocycles. The molecule has 6 nitrogen and oxygen atoms in total. The number of aromatic nitrogens is 3. The zero-order chi connectivity index (χ0) is 19.8. The third-order valence-corrected chi connectivity index (χ3v) is 5.20. The summed E-state index contributed by atoms with van der Waals surface area (Å²) in [5, 5.41) is 12.1. The standard InChI is InChI=1S/C21H24N4O2S/c1-16(20(26)22-14-9-15-27-2)28-21-24-23-19(17-10-5-3-6-11-17)25(21)18-12-7-4-8-13-18/h3-8,10-13,16H,9,14-15H2,1-2H3,(H,22,26). The molecule has 1 unspecified atom stereocenters. The van der Waals surface area contributed by atoms with Gasteiger partial charge in [-0.3, -0.25) is 9.36 Å². The maximum atomic E-state index is 12.4. The molecule has 0 saturated heterocycles. The summed E-state index contributed by atoms with van der Waals surface area (Å²) in [5.74, 6) is 0.729. The van der Waals surface area contributed by atoms with Gasteiger partial charge in [0, 0.05) is 31.5 Å². The summed E-state index contributed by atoms with van der Waals surface area (Å²) in [4.78, 5) is 12.4. The van der Waals surface area contributed by atoms with E-state index in [4.69, 9.17) is 4.74 Å². The van der Waals surface area contributed by atoms with Gasteiger partial charge in [-0.25, -0.2) is 0 Å². The Morgan fingerprint density at radius 2 is 1.79 bits per heavy atom. The minimum Gasteiger partial charge on any atom is -0.385 e. The van der Waals surface area contributed by atoms with Crippen LogP contribution in [-0.4, -0.2) is 46.2 Å². The van der Waals surface area contributed by atoms with Gasteiger partial charge < -0.3 is 10.1 Å². The highest BCUT2D eigenvalue weighted by molar-refractivity contribution is 8.00. The van der Waals surface area contributed by atoms with Crippen LogP contribution in [0.4, 0.5) is 0 Å². The zero-order valence-corrected chi connectivity index (χ0v) is 16.9. The number of ether oxygens (including phenoxy) is 1. The first-order valence-electron chi connectivity index (χ1n) is 9.20. The molecule has 0 aliphatic rings. The van der Waals surface area contributed by atoms with E-state index >= 15 is 0 Å². The highest BCUT2D eigenvalue weighted by Crippen LogP contribution is 2.30. The van der Waals surface area contributed by atoms with E-state index in [1.54, 1.807) is 7.11 Å². The predicted octanol–water partition coefficient (Wildman–Crippen LogP) is 3.57. The third kappa shape index (κ3) is 4.99. The molecule has 3 rings (SSSR count). The minimum absolute atomic E-state index is 0.0232. The Hall–Kier alpha value is -2.64. The Morgan fingerprint density at radius 1 is 1.11 bits per heavy atom. The fraction of sp³-hybridized carbons (Fsp3) is 0.286. The number of amides is 1. The fourth-order valence-electron chi connectivity index (χ4n) is 2.71. The van der Waals surface area contributed by atoms with Crippen molar-refractivity contribution in [2.24, 2.45) is 0 Å². The maximum Gasteiger partial charge on any atom is 0.233 e. The van der Waals surface area contributed by atoms with Crippen LogP contribution in [0.5, 0.6) is 0 Å². The molecule has 0 bridgehead atoms. The van der Waals surface area contributed by atoms with Gasteiger partial charge >= 0.3 is 0 Å². The topological polar surface area (TPSA) is 69.0 Å². The quantitative estimate of drug-likeness (QED) is 0.442. The van der Waals surface area contributed by atoms with Crippen molar-refractivity contribution in [1.29, 1.82) is 0 Å². The molecule has 28 heavy (non-hydrogen) atoms. The first kappa shape index (κ1) is 20.1. The number of hydrogen-bond acceptors (Lipinski definition) is 5. The number of methoxy groups -OCH3 is 1. The van der Waals surface area contributed by atoms with Gasteiger partial charge in [-0.2, -0.15) is 0 Å².